The van der Waals surface area contributed by atoms with Crippen molar-refractivity contribution in [1.82, 2.24) is 20.1 Å². The van der Waals surface area contributed by atoms with E-state index in [0.717, 1.165) is 42.2 Å². The first-order valence-corrected chi connectivity index (χ1v) is 8.72. The quantitative estimate of drug-likeness (QED) is 0.939. The number of aromatic amines is 1. The van der Waals surface area contributed by atoms with E-state index in [1.54, 1.807) is 11.3 Å². The van der Waals surface area contributed by atoms with E-state index in [1.807, 2.05) is 17.9 Å². The number of nitrogens with zero attached hydrogens (tertiary/aromatic N) is 3. The molecule has 0 unspecified atom stereocenters. The van der Waals surface area contributed by atoms with Crippen molar-refractivity contribution in [1.29, 1.82) is 0 Å². The number of hydrogen-bond acceptors (Lipinski definition) is 4. The summed E-state index contributed by atoms with van der Waals surface area (Å²) in [6.45, 7) is 6.96. The fraction of sp³-hybridized carbons (Fsp3) is 0.562. The fourth-order valence-corrected chi connectivity index (χ4v) is 3.79. The van der Waals surface area contributed by atoms with Gasteiger partial charge < -0.3 is 4.90 Å². The van der Waals surface area contributed by atoms with Crippen LogP contribution in [0.4, 0.5) is 0 Å². The van der Waals surface area contributed by atoms with Gasteiger partial charge in [0.05, 0.1) is 6.04 Å². The first-order chi connectivity index (χ1) is 10.6. The first kappa shape index (κ1) is 15.2. The van der Waals surface area contributed by atoms with E-state index in [0.29, 0.717) is 11.6 Å². The first-order valence-electron chi connectivity index (χ1n) is 7.84. The van der Waals surface area contributed by atoms with Crippen LogP contribution in [0.5, 0.6) is 0 Å². The van der Waals surface area contributed by atoms with Crippen LogP contribution in [-0.2, 0) is 0 Å². The molecule has 2 aromatic rings. The van der Waals surface area contributed by atoms with Crippen LogP contribution in [-0.4, -0.2) is 32.5 Å². The molecular formula is C16H22N4OS. The molecule has 5 nitrogen and oxygen atoms in total. The molecular weight excluding hydrogens is 296 g/mol. The summed E-state index contributed by atoms with van der Waals surface area (Å²) in [7, 11) is 0. The molecule has 1 aliphatic rings. The van der Waals surface area contributed by atoms with Crippen LogP contribution in [0.1, 0.15) is 72.0 Å². The van der Waals surface area contributed by atoms with Crippen LogP contribution in [0.15, 0.2) is 11.4 Å². The number of nitrogens with one attached hydrogen (secondary N) is 1. The highest BCUT2D eigenvalue weighted by Crippen LogP contribution is 2.33. The van der Waals surface area contributed by atoms with Crippen molar-refractivity contribution in [3.63, 3.8) is 0 Å². The van der Waals surface area contributed by atoms with Gasteiger partial charge in [-0.2, -0.15) is 5.10 Å². The molecule has 1 fully saturated rings. The summed E-state index contributed by atoms with van der Waals surface area (Å²) >= 11 is 1.65. The Morgan fingerprint density at radius 2 is 2.27 bits per heavy atom. The Hall–Kier alpha value is -1.69. The third-order valence-electron chi connectivity index (χ3n) is 4.12. The molecule has 1 N–H and O–H groups in total. The number of H-pyrrole nitrogens is 1. The molecule has 1 atom stereocenters. The van der Waals surface area contributed by atoms with E-state index in [4.69, 9.17) is 0 Å². The number of aromatic nitrogens is 3. The van der Waals surface area contributed by atoms with Gasteiger partial charge in [0.2, 0.25) is 0 Å². The summed E-state index contributed by atoms with van der Waals surface area (Å²) in [5.74, 6) is 0.355. The van der Waals surface area contributed by atoms with E-state index in [2.05, 4.69) is 34.4 Å². The lowest BCUT2D eigenvalue weighted by Crippen LogP contribution is -2.38. The van der Waals surface area contributed by atoms with Crippen LogP contribution in [0.2, 0.25) is 0 Å². The molecule has 118 valence electrons. The molecule has 22 heavy (non-hydrogen) atoms. The Morgan fingerprint density at radius 3 is 2.91 bits per heavy atom. The molecule has 1 amide bonds. The zero-order chi connectivity index (χ0) is 15.7. The van der Waals surface area contributed by atoms with Crippen molar-refractivity contribution >= 4 is 17.2 Å². The summed E-state index contributed by atoms with van der Waals surface area (Å²) < 4.78 is 0. The van der Waals surface area contributed by atoms with E-state index >= 15 is 0 Å². The summed E-state index contributed by atoms with van der Waals surface area (Å²) in [4.78, 5) is 19.4. The minimum Gasteiger partial charge on any atom is -0.328 e. The molecule has 0 radical (unpaired) electrons. The van der Waals surface area contributed by atoms with E-state index in [1.165, 1.54) is 0 Å². The van der Waals surface area contributed by atoms with Gasteiger partial charge in [-0.15, -0.1) is 11.3 Å². The number of carbonyl (C=O) groups excluding carboxylic acids is 1. The Labute approximate surface area is 134 Å². The van der Waals surface area contributed by atoms with E-state index in [9.17, 15) is 4.79 Å². The molecule has 3 heterocycles. The molecule has 0 aromatic carbocycles. The summed E-state index contributed by atoms with van der Waals surface area (Å²) in [5.41, 5.74) is 2.55. The fourth-order valence-electron chi connectivity index (χ4n) is 2.85. The monoisotopic (exact) mass is 318 g/mol. The second-order valence-electron chi connectivity index (χ2n) is 6.20. The van der Waals surface area contributed by atoms with Crippen LogP contribution in [0.3, 0.4) is 0 Å². The van der Waals surface area contributed by atoms with Gasteiger partial charge in [0.1, 0.15) is 10.7 Å². The number of hydrogen-bond donors (Lipinski definition) is 1. The second-order valence-corrected chi connectivity index (χ2v) is 7.09. The van der Waals surface area contributed by atoms with Gasteiger partial charge in [0.15, 0.2) is 0 Å². The van der Waals surface area contributed by atoms with Crippen LogP contribution < -0.4 is 0 Å². The molecule has 0 spiro atoms. The number of likely N-dealkylation sites (tertiary alicyclic amines) is 1. The topological polar surface area (TPSA) is 61.9 Å². The van der Waals surface area contributed by atoms with Crippen LogP contribution in [0.25, 0.3) is 0 Å². The Kier molecular flexibility index (Phi) is 4.29. The minimum atomic E-state index is 0.0145. The van der Waals surface area contributed by atoms with Gasteiger partial charge in [-0.05, 0) is 38.2 Å². The summed E-state index contributed by atoms with van der Waals surface area (Å²) in [6, 6.07) is 1.98. The highest BCUT2D eigenvalue weighted by molar-refractivity contribution is 7.09. The maximum absolute atomic E-state index is 12.8. The van der Waals surface area contributed by atoms with Gasteiger partial charge in [-0.25, -0.2) is 4.98 Å². The lowest BCUT2D eigenvalue weighted by molar-refractivity contribution is 0.0605. The average Bonchev–Trinajstić information content (AvgIpc) is 3.15. The van der Waals surface area contributed by atoms with Gasteiger partial charge in [-0.3, -0.25) is 9.89 Å². The maximum atomic E-state index is 12.8. The molecule has 2 aromatic heterocycles. The van der Waals surface area contributed by atoms with Crippen LogP contribution >= 0.6 is 11.3 Å². The molecule has 6 heteroatoms. The average molecular weight is 318 g/mol. The number of thiazole rings is 1. The predicted octanol–water partition coefficient (Wildman–Crippen LogP) is 3.67. The zero-order valence-electron chi connectivity index (χ0n) is 13.3. The van der Waals surface area contributed by atoms with Gasteiger partial charge >= 0.3 is 0 Å². The molecule has 1 saturated heterocycles. The predicted molar refractivity (Wildman–Crippen MR) is 87.2 cm³/mol. The number of piperidine rings is 1. The number of carbonyl (C=O) groups is 1. The minimum absolute atomic E-state index is 0.0145. The van der Waals surface area contributed by atoms with Crippen molar-refractivity contribution in [2.75, 3.05) is 6.54 Å². The smallest absolute Gasteiger partial charge is 0.274 e. The highest BCUT2D eigenvalue weighted by atomic mass is 32.1. The lowest BCUT2D eigenvalue weighted by atomic mass is 10.0. The highest BCUT2D eigenvalue weighted by Gasteiger charge is 2.31. The number of aryl methyl sites for hydroxylation is 1. The molecule has 1 aliphatic heterocycles. The summed E-state index contributed by atoms with van der Waals surface area (Å²) in [6.07, 6.45) is 3.18. The summed E-state index contributed by atoms with van der Waals surface area (Å²) in [5, 5.41) is 10.3. The zero-order valence-corrected chi connectivity index (χ0v) is 14.1. The van der Waals surface area contributed by atoms with Gasteiger partial charge in [0, 0.05) is 23.3 Å². The number of amides is 1. The second kappa shape index (κ2) is 6.20. The standard InChI is InChI=1S/C16H22N4OS/c1-10(2)12-8-13(19-18-12)16(21)20-7-5-4-6-14(20)15-17-11(3)9-22-15/h8-10,14H,4-7H2,1-3H3,(H,18,19)/t14-/m1/s1. The van der Waals surface area contributed by atoms with Crippen molar-refractivity contribution in [2.45, 2.75) is 52.0 Å². The Morgan fingerprint density at radius 1 is 1.45 bits per heavy atom. The lowest BCUT2D eigenvalue weighted by Gasteiger charge is -2.34. The van der Waals surface area contributed by atoms with Crippen molar-refractivity contribution < 1.29 is 4.79 Å². The van der Waals surface area contributed by atoms with Crippen molar-refractivity contribution in [3.05, 3.63) is 33.5 Å². The SMILES string of the molecule is Cc1csc([C@H]2CCCCN2C(=O)c2cc(C(C)C)[nH]n2)n1. The van der Waals surface area contributed by atoms with Crippen molar-refractivity contribution in [2.24, 2.45) is 0 Å². The molecule has 0 saturated carbocycles. The van der Waals surface area contributed by atoms with Crippen LogP contribution in [0, 0.1) is 6.92 Å². The number of rotatable bonds is 3. The molecule has 0 aliphatic carbocycles. The normalized spacial score (nSPS) is 18.9. The molecule has 0 bridgehead atoms. The molecule has 3 rings (SSSR count). The van der Waals surface area contributed by atoms with E-state index < -0.39 is 0 Å². The Balaban J connectivity index is 1.84. The largest absolute Gasteiger partial charge is 0.328 e. The maximum Gasteiger partial charge on any atom is 0.274 e. The van der Waals surface area contributed by atoms with Gasteiger partial charge in [0.25, 0.3) is 5.91 Å². The third kappa shape index (κ3) is 2.92. The Bertz CT molecular complexity index is 661. The van der Waals surface area contributed by atoms with Crippen molar-refractivity contribution in [3.8, 4) is 0 Å². The third-order valence-corrected chi connectivity index (χ3v) is 5.19. The van der Waals surface area contributed by atoms with Gasteiger partial charge in [-0.1, -0.05) is 13.8 Å². The van der Waals surface area contributed by atoms with E-state index in [-0.39, 0.29) is 11.9 Å².